The van der Waals surface area contributed by atoms with E-state index in [9.17, 15) is 9.59 Å². The second kappa shape index (κ2) is 5.60. The van der Waals surface area contributed by atoms with Gasteiger partial charge in [-0.05, 0) is 17.5 Å². The summed E-state index contributed by atoms with van der Waals surface area (Å²) in [5, 5.41) is 0. The standard InChI is InChI=1S/C19H16O3/c1-2-9-16-17(20)22-18(21)19(16,14-10-5-3-6-11-14)15-12-7-4-8-13-15/h2-8,10-13,16H,1,9H2. The molecule has 3 nitrogen and oxygen atoms in total. The second-order valence-electron chi connectivity index (χ2n) is 5.33. The Kier molecular flexibility index (Phi) is 3.63. The van der Waals surface area contributed by atoms with Crippen molar-refractivity contribution in [3.63, 3.8) is 0 Å². The summed E-state index contributed by atoms with van der Waals surface area (Å²) in [6, 6.07) is 18.7. The molecule has 1 aliphatic rings. The van der Waals surface area contributed by atoms with E-state index in [1.54, 1.807) is 6.08 Å². The van der Waals surface area contributed by atoms with Crippen LogP contribution in [0, 0.1) is 5.92 Å². The van der Waals surface area contributed by atoms with Gasteiger partial charge in [0.2, 0.25) is 0 Å². The van der Waals surface area contributed by atoms with Crippen LogP contribution in [0.1, 0.15) is 17.5 Å². The van der Waals surface area contributed by atoms with Gasteiger partial charge >= 0.3 is 11.9 Å². The number of esters is 2. The molecule has 2 aromatic carbocycles. The van der Waals surface area contributed by atoms with E-state index in [4.69, 9.17) is 4.74 Å². The molecule has 0 radical (unpaired) electrons. The third kappa shape index (κ3) is 1.98. The van der Waals surface area contributed by atoms with Gasteiger partial charge in [0.25, 0.3) is 0 Å². The van der Waals surface area contributed by atoms with E-state index in [0.29, 0.717) is 6.42 Å². The Morgan fingerprint density at radius 2 is 1.45 bits per heavy atom. The maximum absolute atomic E-state index is 12.7. The van der Waals surface area contributed by atoms with Gasteiger partial charge in [-0.3, -0.25) is 9.59 Å². The lowest BCUT2D eigenvalue weighted by Crippen LogP contribution is -2.39. The summed E-state index contributed by atoms with van der Waals surface area (Å²) in [6.07, 6.45) is 2.04. The number of hydrogen-bond donors (Lipinski definition) is 0. The Balaban J connectivity index is 2.30. The fraction of sp³-hybridized carbons (Fsp3) is 0.158. The molecular formula is C19H16O3. The van der Waals surface area contributed by atoms with Crippen molar-refractivity contribution in [3.8, 4) is 0 Å². The number of ether oxygens (including phenoxy) is 1. The van der Waals surface area contributed by atoms with E-state index >= 15 is 0 Å². The van der Waals surface area contributed by atoms with Crippen LogP contribution in [0.2, 0.25) is 0 Å². The number of rotatable bonds is 4. The van der Waals surface area contributed by atoms with Crippen molar-refractivity contribution in [1.82, 2.24) is 0 Å². The van der Waals surface area contributed by atoms with Crippen molar-refractivity contribution in [2.45, 2.75) is 11.8 Å². The van der Waals surface area contributed by atoms with E-state index in [2.05, 4.69) is 6.58 Å². The van der Waals surface area contributed by atoms with Gasteiger partial charge < -0.3 is 4.74 Å². The lowest BCUT2D eigenvalue weighted by atomic mass is 9.66. The predicted molar refractivity (Wildman–Crippen MR) is 83.1 cm³/mol. The van der Waals surface area contributed by atoms with Crippen LogP contribution in [0.15, 0.2) is 73.3 Å². The molecule has 1 fully saturated rings. The highest BCUT2D eigenvalue weighted by Crippen LogP contribution is 2.46. The molecule has 1 atom stereocenters. The van der Waals surface area contributed by atoms with Gasteiger partial charge in [0, 0.05) is 0 Å². The maximum Gasteiger partial charge on any atom is 0.329 e. The first-order valence-corrected chi connectivity index (χ1v) is 7.19. The molecule has 0 aromatic heterocycles. The number of benzene rings is 2. The van der Waals surface area contributed by atoms with Crippen molar-refractivity contribution in [2.75, 3.05) is 0 Å². The van der Waals surface area contributed by atoms with Crippen LogP contribution in [0.4, 0.5) is 0 Å². The van der Waals surface area contributed by atoms with E-state index in [1.165, 1.54) is 0 Å². The van der Waals surface area contributed by atoms with Crippen molar-refractivity contribution >= 4 is 11.9 Å². The molecule has 110 valence electrons. The monoisotopic (exact) mass is 292 g/mol. The van der Waals surface area contributed by atoms with Crippen molar-refractivity contribution in [2.24, 2.45) is 5.92 Å². The molecule has 3 heteroatoms. The van der Waals surface area contributed by atoms with E-state index < -0.39 is 23.3 Å². The average molecular weight is 292 g/mol. The summed E-state index contributed by atoms with van der Waals surface area (Å²) in [5.41, 5.74) is 0.432. The Morgan fingerprint density at radius 3 is 1.91 bits per heavy atom. The molecule has 3 rings (SSSR count). The molecule has 0 saturated carbocycles. The summed E-state index contributed by atoms with van der Waals surface area (Å²) < 4.78 is 5.03. The minimum absolute atomic E-state index is 0.383. The SMILES string of the molecule is C=CCC1C(=O)OC(=O)C1(c1ccccc1)c1ccccc1. The number of hydrogen-bond acceptors (Lipinski definition) is 3. The van der Waals surface area contributed by atoms with Gasteiger partial charge in [0.15, 0.2) is 0 Å². The summed E-state index contributed by atoms with van der Waals surface area (Å²) in [4.78, 5) is 25.0. The molecule has 1 saturated heterocycles. The third-order valence-corrected chi connectivity index (χ3v) is 4.18. The Morgan fingerprint density at radius 1 is 0.955 bits per heavy atom. The second-order valence-corrected chi connectivity index (χ2v) is 5.33. The smallest absolute Gasteiger partial charge is 0.329 e. The lowest BCUT2D eigenvalue weighted by Gasteiger charge is -2.30. The Bertz CT molecular complexity index is 664. The average Bonchev–Trinajstić information content (AvgIpc) is 2.81. The zero-order valence-electron chi connectivity index (χ0n) is 12.1. The van der Waals surface area contributed by atoms with Gasteiger partial charge in [0.1, 0.15) is 5.41 Å². The first-order valence-electron chi connectivity index (χ1n) is 7.19. The maximum atomic E-state index is 12.7. The lowest BCUT2D eigenvalue weighted by molar-refractivity contribution is -0.153. The number of carbonyl (C=O) groups excluding carboxylic acids is 2. The van der Waals surface area contributed by atoms with E-state index in [1.807, 2.05) is 60.7 Å². The van der Waals surface area contributed by atoms with Crippen LogP contribution < -0.4 is 0 Å². The van der Waals surface area contributed by atoms with Gasteiger partial charge in [-0.25, -0.2) is 0 Å². The zero-order chi connectivity index (χ0) is 15.6. The molecule has 0 bridgehead atoms. The van der Waals surface area contributed by atoms with Crippen molar-refractivity contribution < 1.29 is 14.3 Å². The molecule has 1 unspecified atom stereocenters. The number of carbonyl (C=O) groups is 2. The highest BCUT2D eigenvalue weighted by atomic mass is 16.6. The summed E-state index contributed by atoms with van der Waals surface area (Å²) in [6.45, 7) is 3.72. The van der Waals surface area contributed by atoms with Gasteiger partial charge in [-0.2, -0.15) is 0 Å². The number of allylic oxidation sites excluding steroid dienone is 1. The highest BCUT2D eigenvalue weighted by Gasteiger charge is 2.59. The van der Waals surface area contributed by atoms with Crippen LogP contribution in [-0.4, -0.2) is 11.9 Å². The quantitative estimate of drug-likeness (QED) is 0.493. The van der Waals surface area contributed by atoms with Crippen molar-refractivity contribution in [3.05, 3.63) is 84.4 Å². The molecule has 2 aromatic rings. The molecule has 0 aliphatic carbocycles. The van der Waals surface area contributed by atoms with Gasteiger partial charge in [-0.1, -0.05) is 66.7 Å². The van der Waals surface area contributed by atoms with Gasteiger partial charge in [-0.15, -0.1) is 6.58 Å². The minimum atomic E-state index is -1.10. The molecule has 0 spiro atoms. The normalized spacial score (nSPS) is 19.7. The van der Waals surface area contributed by atoms with E-state index in [-0.39, 0.29) is 0 Å². The summed E-state index contributed by atoms with van der Waals surface area (Å²) in [5.74, 6) is -1.60. The van der Waals surface area contributed by atoms with Crippen LogP contribution in [0.5, 0.6) is 0 Å². The van der Waals surface area contributed by atoms with Crippen LogP contribution in [0.25, 0.3) is 0 Å². The minimum Gasteiger partial charge on any atom is -0.392 e. The Labute approximate surface area is 129 Å². The fourth-order valence-electron chi connectivity index (χ4n) is 3.21. The molecule has 1 heterocycles. The molecule has 0 amide bonds. The van der Waals surface area contributed by atoms with Crippen LogP contribution in [0.3, 0.4) is 0 Å². The molecule has 22 heavy (non-hydrogen) atoms. The first-order chi connectivity index (χ1) is 10.7. The predicted octanol–water partition coefficient (Wildman–Crippen LogP) is 3.25. The topological polar surface area (TPSA) is 43.4 Å². The summed E-state index contributed by atoms with van der Waals surface area (Å²) >= 11 is 0. The zero-order valence-corrected chi connectivity index (χ0v) is 12.1. The Hall–Kier alpha value is -2.68. The van der Waals surface area contributed by atoms with Crippen LogP contribution in [-0.2, 0) is 19.7 Å². The van der Waals surface area contributed by atoms with E-state index in [0.717, 1.165) is 11.1 Å². The molecular weight excluding hydrogens is 276 g/mol. The largest absolute Gasteiger partial charge is 0.392 e. The van der Waals surface area contributed by atoms with Crippen LogP contribution >= 0.6 is 0 Å². The first kappa shape index (κ1) is 14.3. The third-order valence-electron chi connectivity index (χ3n) is 4.18. The van der Waals surface area contributed by atoms with Crippen molar-refractivity contribution in [1.29, 1.82) is 0 Å². The number of cyclic esters (lactones) is 2. The fourth-order valence-corrected chi connectivity index (χ4v) is 3.21. The highest BCUT2D eigenvalue weighted by molar-refractivity contribution is 6.05. The van der Waals surface area contributed by atoms with Gasteiger partial charge in [0.05, 0.1) is 5.92 Å². The summed E-state index contributed by atoms with van der Waals surface area (Å²) in [7, 11) is 0. The molecule has 1 aliphatic heterocycles. The molecule has 0 N–H and O–H groups in total.